The van der Waals surface area contributed by atoms with Crippen LogP contribution in [0.15, 0.2) is 18.2 Å². The lowest BCUT2D eigenvalue weighted by atomic mass is 9.88. The van der Waals surface area contributed by atoms with Gasteiger partial charge in [-0.15, -0.1) is 0 Å². The van der Waals surface area contributed by atoms with Crippen LogP contribution < -0.4 is 10.6 Å². The minimum absolute atomic E-state index is 0.00321. The molecule has 3 N–H and O–H groups in total. The second-order valence-electron chi connectivity index (χ2n) is 8.12. The molecule has 2 bridgehead atoms. The molecule has 7 nitrogen and oxygen atoms in total. The average molecular weight is 387 g/mol. The largest absolute Gasteiger partial charge is 0.389 e. The summed E-state index contributed by atoms with van der Waals surface area (Å²) in [5.74, 6) is -0.0927. The highest BCUT2D eigenvalue weighted by Crippen LogP contribution is 2.39. The van der Waals surface area contributed by atoms with E-state index in [4.69, 9.17) is 4.74 Å². The Hall–Kier alpha value is -2.12. The summed E-state index contributed by atoms with van der Waals surface area (Å²) in [7, 11) is 0. The minimum atomic E-state index is -0.475. The molecule has 1 aromatic carbocycles. The Balaban J connectivity index is 1.31. The number of carbonyl (C=O) groups excluding carboxylic acids is 2. The Bertz CT molecular complexity index is 747. The summed E-state index contributed by atoms with van der Waals surface area (Å²) >= 11 is 0. The van der Waals surface area contributed by atoms with Crippen LogP contribution in [-0.2, 0) is 20.7 Å². The van der Waals surface area contributed by atoms with Crippen molar-refractivity contribution >= 4 is 17.5 Å². The van der Waals surface area contributed by atoms with Crippen LogP contribution in [-0.4, -0.2) is 59.7 Å². The van der Waals surface area contributed by atoms with Crippen molar-refractivity contribution in [3.63, 3.8) is 0 Å². The van der Waals surface area contributed by atoms with E-state index >= 15 is 0 Å². The Labute approximate surface area is 165 Å². The second-order valence-corrected chi connectivity index (χ2v) is 8.12. The van der Waals surface area contributed by atoms with Crippen molar-refractivity contribution in [2.24, 2.45) is 0 Å². The van der Waals surface area contributed by atoms with E-state index in [2.05, 4.69) is 16.7 Å². The predicted octanol–water partition coefficient (Wildman–Crippen LogP) is 1.36. The van der Waals surface area contributed by atoms with Crippen LogP contribution in [0.25, 0.3) is 0 Å². The van der Waals surface area contributed by atoms with Crippen molar-refractivity contribution in [3.05, 3.63) is 29.3 Å². The molecule has 0 aliphatic carbocycles. The number of anilines is 1. The summed E-state index contributed by atoms with van der Waals surface area (Å²) in [4.78, 5) is 26.4. The Morgan fingerprint density at radius 3 is 2.93 bits per heavy atom. The molecule has 2 fully saturated rings. The number of ether oxygens (including phenoxy) is 1. The van der Waals surface area contributed by atoms with Crippen molar-refractivity contribution in [2.75, 3.05) is 25.0 Å². The highest BCUT2D eigenvalue weighted by Gasteiger charge is 2.36. The van der Waals surface area contributed by atoms with E-state index in [1.54, 1.807) is 6.92 Å². The first-order valence-electron chi connectivity index (χ1n) is 10.3. The van der Waals surface area contributed by atoms with Crippen LogP contribution in [0.2, 0.25) is 0 Å². The molecular formula is C21H29N3O4. The highest BCUT2D eigenvalue weighted by molar-refractivity contribution is 5.87. The van der Waals surface area contributed by atoms with Crippen molar-refractivity contribution in [3.8, 4) is 0 Å². The second kappa shape index (κ2) is 8.09. The number of rotatable bonds is 5. The predicted molar refractivity (Wildman–Crippen MR) is 105 cm³/mol. The molecule has 0 unspecified atom stereocenters. The molecule has 0 saturated carbocycles. The minimum Gasteiger partial charge on any atom is -0.389 e. The Morgan fingerprint density at radius 1 is 1.36 bits per heavy atom. The third-order valence-electron chi connectivity index (χ3n) is 6.01. The van der Waals surface area contributed by atoms with Gasteiger partial charge in [0.05, 0.1) is 24.9 Å². The zero-order valence-corrected chi connectivity index (χ0v) is 16.3. The molecular weight excluding hydrogens is 358 g/mol. The average Bonchev–Trinajstić information content (AvgIpc) is 3.23. The molecule has 2 amide bonds. The Kier molecular flexibility index (Phi) is 5.55. The fourth-order valence-electron chi connectivity index (χ4n) is 4.37. The molecule has 28 heavy (non-hydrogen) atoms. The normalized spacial score (nSPS) is 26.9. The number of amides is 2. The van der Waals surface area contributed by atoms with Gasteiger partial charge in [0, 0.05) is 37.2 Å². The number of likely N-dealkylation sites (tertiary alicyclic amines) is 1. The van der Waals surface area contributed by atoms with Gasteiger partial charge < -0.3 is 25.4 Å². The quantitative estimate of drug-likeness (QED) is 0.710. The summed E-state index contributed by atoms with van der Waals surface area (Å²) in [6.45, 7) is 3.69. The lowest BCUT2D eigenvalue weighted by Crippen LogP contribution is -2.46. The van der Waals surface area contributed by atoms with Gasteiger partial charge in [-0.2, -0.15) is 0 Å². The summed E-state index contributed by atoms with van der Waals surface area (Å²) in [5.41, 5.74) is 3.17. The first kappa shape index (κ1) is 19.2. The number of aliphatic hydroxyl groups excluding tert-OH is 1. The third kappa shape index (κ3) is 4.00. The molecule has 2 saturated heterocycles. The van der Waals surface area contributed by atoms with Crippen molar-refractivity contribution < 1.29 is 19.4 Å². The summed E-state index contributed by atoms with van der Waals surface area (Å²) in [6, 6.07) is 5.66. The third-order valence-corrected chi connectivity index (χ3v) is 6.01. The van der Waals surface area contributed by atoms with Gasteiger partial charge in [-0.25, -0.2) is 0 Å². The SMILES string of the molecule is C[C@@H](NC(=O)CCc1ccc2c(c1)[C@H]1C[C@H](N2)[C@H](O)CO1)C(=O)N1CCCC1. The van der Waals surface area contributed by atoms with Gasteiger partial charge >= 0.3 is 0 Å². The fourth-order valence-corrected chi connectivity index (χ4v) is 4.37. The van der Waals surface area contributed by atoms with Crippen LogP contribution in [0.5, 0.6) is 0 Å². The molecule has 3 heterocycles. The molecule has 0 aromatic heterocycles. The van der Waals surface area contributed by atoms with Gasteiger partial charge in [-0.1, -0.05) is 12.1 Å². The number of aryl methyl sites for hydroxylation is 1. The van der Waals surface area contributed by atoms with Gasteiger partial charge in [0.25, 0.3) is 0 Å². The zero-order valence-electron chi connectivity index (χ0n) is 16.3. The van der Waals surface area contributed by atoms with E-state index in [9.17, 15) is 14.7 Å². The molecule has 3 aliphatic heterocycles. The van der Waals surface area contributed by atoms with Crippen molar-refractivity contribution in [1.29, 1.82) is 0 Å². The van der Waals surface area contributed by atoms with Gasteiger partial charge in [0.15, 0.2) is 0 Å². The zero-order chi connectivity index (χ0) is 19.7. The van der Waals surface area contributed by atoms with E-state index in [1.165, 1.54) is 0 Å². The molecule has 152 valence electrons. The van der Waals surface area contributed by atoms with Crippen LogP contribution >= 0.6 is 0 Å². The number of hydrogen-bond donors (Lipinski definition) is 3. The van der Waals surface area contributed by atoms with E-state index in [0.29, 0.717) is 19.4 Å². The standard InChI is InChI=1S/C21H29N3O4/c1-13(21(27)24-8-2-3-9-24)22-20(26)7-5-14-4-6-16-15(10-14)19-11-17(23-16)18(25)12-28-19/h4,6,10,13,17-19,23,25H,2-3,5,7-9,11-12H2,1H3,(H,22,26)/t13-,17+,18-,19-/m1/s1. The van der Waals surface area contributed by atoms with E-state index in [0.717, 1.165) is 49.2 Å². The maximum absolute atomic E-state index is 12.3. The highest BCUT2D eigenvalue weighted by atomic mass is 16.5. The maximum atomic E-state index is 12.3. The smallest absolute Gasteiger partial charge is 0.244 e. The fraction of sp³-hybridized carbons (Fsp3) is 0.619. The number of carbonyl (C=O) groups is 2. The molecule has 7 heteroatoms. The molecule has 0 spiro atoms. The van der Waals surface area contributed by atoms with Gasteiger partial charge in [-0.05, 0) is 37.8 Å². The van der Waals surface area contributed by atoms with Crippen LogP contribution in [0.3, 0.4) is 0 Å². The molecule has 4 atom stereocenters. The van der Waals surface area contributed by atoms with Crippen LogP contribution in [0.1, 0.15) is 49.8 Å². The molecule has 1 aromatic rings. The van der Waals surface area contributed by atoms with E-state index in [1.807, 2.05) is 17.0 Å². The molecule has 0 radical (unpaired) electrons. The summed E-state index contributed by atoms with van der Waals surface area (Å²) < 4.78 is 5.78. The number of fused-ring (bicyclic) bond motifs is 4. The number of nitrogens with one attached hydrogen (secondary N) is 2. The maximum Gasteiger partial charge on any atom is 0.244 e. The monoisotopic (exact) mass is 387 g/mol. The van der Waals surface area contributed by atoms with E-state index < -0.39 is 12.1 Å². The van der Waals surface area contributed by atoms with Gasteiger partial charge in [0.2, 0.25) is 11.8 Å². The number of benzene rings is 1. The first-order chi connectivity index (χ1) is 13.5. The van der Waals surface area contributed by atoms with Gasteiger partial charge in [0.1, 0.15) is 6.04 Å². The van der Waals surface area contributed by atoms with Gasteiger partial charge in [-0.3, -0.25) is 9.59 Å². The van der Waals surface area contributed by atoms with Crippen LogP contribution in [0.4, 0.5) is 5.69 Å². The van der Waals surface area contributed by atoms with Crippen molar-refractivity contribution in [2.45, 2.75) is 63.3 Å². The van der Waals surface area contributed by atoms with Crippen LogP contribution in [0, 0.1) is 0 Å². The number of nitrogens with zero attached hydrogens (tertiary/aromatic N) is 1. The summed E-state index contributed by atoms with van der Waals surface area (Å²) in [6.07, 6.45) is 3.33. The van der Waals surface area contributed by atoms with E-state index in [-0.39, 0.29) is 24.0 Å². The topological polar surface area (TPSA) is 90.9 Å². The lowest BCUT2D eigenvalue weighted by Gasteiger charge is -2.40. The van der Waals surface area contributed by atoms with Crippen molar-refractivity contribution in [1.82, 2.24) is 10.2 Å². The Morgan fingerprint density at radius 2 is 2.14 bits per heavy atom. The first-order valence-corrected chi connectivity index (χ1v) is 10.3. The lowest BCUT2D eigenvalue weighted by molar-refractivity contribution is -0.135. The molecule has 4 rings (SSSR count). The molecule has 3 aliphatic rings. The summed E-state index contributed by atoms with van der Waals surface area (Å²) in [5, 5.41) is 16.2. The number of hydrogen-bond acceptors (Lipinski definition) is 5. The number of aliphatic hydroxyl groups is 1.